The number of aromatic nitrogens is 3. The fourth-order valence-corrected chi connectivity index (χ4v) is 2.30. The molecule has 1 rings (SSSR count). The van der Waals surface area contributed by atoms with Gasteiger partial charge in [-0.05, 0) is 12.8 Å². The summed E-state index contributed by atoms with van der Waals surface area (Å²) in [6.45, 7) is 6.47. The summed E-state index contributed by atoms with van der Waals surface area (Å²) in [4.78, 5) is 0. The molecule has 0 fully saturated rings. The lowest BCUT2D eigenvalue weighted by molar-refractivity contribution is 0.284. The maximum Gasteiger partial charge on any atom is 0.209 e. The smallest absolute Gasteiger partial charge is 0.209 e. The minimum atomic E-state index is -0.0859. The molecule has 0 radical (unpaired) electrons. The third-order valence-corrected chi connectivity index (χ3v) is 3.40. The highest BCUT2D eigenvalue weighted by Gasteiger charge is 2.22. The number of hydrogen-bond acceptors (Lipinski definition) is 5. The van der Waals surface area contributed by atoms with Gasteiger partial charge in [0, 0.05) is 17.8 Å². The van der Waals surface area contributed by atoms with Gasteiger partial charge in [-0.2, -0.15) is 0 Å². The molecule has 6 heteroatoms. The van der Waals surface area contributed by atoms with Crippen LogP contribution in [0, 0.1) is 0 Å². The van der Waals surface area contributed by atoms with Crippen LogP contribution in [0.3, 0.4) is 0 Å². The van der Waals surface area contributed by atoms with E-state index in [1.165, 1.54) is 0 Å². The van der Waals surface area contributed by atoms with Crippen molar-refractivity contribution >= 4 is 11.8 Å². The Morgan fingerprint density at radius 3 is 2.47 bits per heavy atom. The predicted molar refractivity (Wildman–Crippen MR) is 70.5 cm³/mol. The van der Waals surface area contributed by atoms with Gasteiger partial charge in [0.05, 0.1) is 0 Å². The quantitative estimate of drug-likeness (QED) is 0.460. The van der Waals surface area contributed by atoms with Crippen molar-refractivity contribution in [2.75, 3.05) is 18.2 Å². The van der Waals surface area contributed by atoms with Crippen molar-refractivity contribution < 1.29 is 5.11 Å². The number of unbranched alkanes of at least 4 members (excludes halogenated alkanes) is 2. The SMILES string of the molecule is CC(C)(C)c1nnc(SCCCCCO)n1N. The summed E-state index contributed by atoms with van der Waals surface area (Å²) in [7, 11) is 0. The molecule has 1 aromatic heterocycles. The molecule has 5 nitrogen and oxygen atoms in total. The summed E-state index contributed by atoms with van der Waals surface area (Å²) in [5, 5.41) is 17.7. The van der Waals surface area contributed by atoms with Gasteiger partial charge in [-0.25, -0.2) is 4.68 Å². The van der Waals surface area contributed by atoms with E-state index in [0.717, 1.165) is 36.0 Å². The van der Waals surface area contributed by atoms with Gasteiger partial charge in [0.2, 0.25) is 5.16 Å². The zero-order valence-corrected chi connectivity index (χ0v) is 11.6. The van der Waals surface area contributed by atoms with Crippen molar-refractivity contribution in [2.45, 2.75) is 50.6 Å². The molecule has 0 saturated carbocycles. The number of aliphatic hydroxyl groups excluding tert-OH is 1. The third-order valence-electron chi connectivity index (χ3n) is 2.37. The van der Waals surface area contributed by atoms with Crippen LogP contribution in [0.5, 0.6) is 0 Å². The number of aliphatic hydroxyl groups is 1. The van der Waals surface area contributed by atoms with E-state index in [0.29, 0.717) is 0 Å². The van der Waals surface area contributed by atoms with Crippen LogP contribution in [0.15, 0.2) is 5.16 Å². The van der Waals surface area contributed by atoms with Gasteiger partial charge in [-0.1, -0.05) is 39.0 Å². The summed E-state index contributed by atoms with van der Waals surface area (Å²) in [6.07, 6.45) is 2.96. The summed E-state index contributed by atoms with van der Waals surface area (Å²) in [5.74, 6) is 7.72. The molecule has 0 amide bonds. The van der Waals surface area contributed by atoms with Crippen molar-refractivity contribution in [3.8, 4) is 0 Å². The Morgan fingerprint density at radius 1 is 1.24 bits per heavy atom. The van der Waals surface area contributed by atoms with Crippen LogP contribution >= 0.6 is 11.8 Å². The molecule has 0 unspecified atom stereocenters. The number of nitrogens with two attached hydrogens (primary N) is 1. The van der Waals surface area contributed by atoms with Crippen molar-refractivity contribution in [1.82, 2.24) is 14.9 Å². The molecule has 1 aromatic rings. The van der Waals surface area contributed by atoms with E-state index in [4.69, 9.17) is 10.9 Å². The Kier molecular flexibility index (Phi) is 5.27. The molecule has 98 valence electrons. The minimum absolute atomic E-state index is 0.0859. The molecule has 0 aliphatic heterocycles. The standard InChI is InChI=1S/C11H22N4OS/c1-11(2,3)9-13-14-10(15(9)12)17-8-6-4-5-7-16/h16H,4-8,12H2,1-3H3. The van der Waals surface area contributed by atoms with Crippen molar-refractivity contribution in [3.05, 3.63) is 5.82 Å². The van der Waals surface area contributed by atoms with Gasteiger partial charge in [-0.3, -0.25) is 0 Å². The van der Waals surface area contributed by atoms with E-state index in [1.807, 2.05) is 0 Å². The summed E-state index contributed by atoms with van der Waals surface area (Å²) >= 11 is 1.62. The van der Waals surface area contributed by atoms with Crippen LogP contribution < -0.4 is 5.84 Å². The Hall–Kier alpha value is -0.750. The Balaban J connectivity index is 2.47. The van der Waals surface area contributed by atoms with Crippen molar-refractivity contribution in [2.24, 2.45) is 0 Å². The molecule has 0 aliphatic rings. The first-order valence-corrected chi connectivity index (χ1v) is 6.90. The van der Waals surface area contributed by atoms with E-state index < -0.39 is 0 Å². The predicted octanol–water partition coefficient (Wildman–Crippen LogP) is 1.54. The van der Waals surface area contributed by atoms with Crippen LogP contribution in [0.4, 0.5) is 0 Å². The fourth-order valence-electron chi connectivity index (χ4n) is 1.44. The van der Waals surface area contributed by atoms with E-state index in [1.54, 1.807) is 16.4 Å². The van der Waals surface area contributed by atoms with Crippen molar-refractivity contribution in [1.29, 1.82) is 0 Å². The Bertz CT molecular complexity index is 346. The maximum atomic E-state index is 8.67. The van der Waals surface area contributed by atoms with E-state index in [-0.39, 0.29) is 12.0 Å². The van der Waals surface area contributed by atoms with Crippen LogP contribution in [0.2, 0.25) is 0 Å². The second-order valence-electron chi connectivity index (χ2n) is 5.06. The molecule has 0 atom stereocenters. The minimum Gasteiger partial charge on any atom is -0.396 e. The highest BCUT2D eigenvalue weighted by molar-refractivity contribution is 7.99. The summed E-state index contributed by atoms with van der Waals surface area (Å²) in [5.41, 5.74) is -0.0859. The zero-order chi connectivity index (χ0) is 12.9. The topological polar surface area (TPSA) is 77.0 Å². The normalized spacial score (nSPS) is 12.0. The first kappa shape index (κ1) is 14.3. The second-order valence-corrected chi connectivity index (χ2v) is 6.12. The molecule has 0 aromatic carbocycles. The molecular formula is C11H22N4OS. The molecule has 17 heavy (non-hydrogen) atoms. The zero-order valence-electron chi connectivity index (χ0n) is 10.8. The average molecular weight is 258 g/mol. The molecule has 3 N–H and O–H groups in total. The van der Waals surface area contributed by atoms with Gasteiger partial charge in [0.15, 0.2) is 5.82 Å². The third kappa shape index (κ3) is 4.20. The number of nitrogen functional groups attached to an aromatic ring is 1. The number of nitrogens with zero attached hydrogens (tertiary/aromatic N) is 3. The first-order chi connectivity index (χ1) is 7.96. The number of thioether (sulfide) groups is 1. The molecule has 0 spiro atoms. The highest BCUT2D eigenvalue weighted by Crippen LogP contribution is 2.23. The lowest BCUT2D eigenvalue weighted by Crippen LogP contribution is -2.24. The molecule has 1 heterocycles. The van der Waals surface area contributed by atoms with Crippen LogP contribution in [-0.4, -0.2) is 32.3 Å². The van der Waals surface area contributed by atoms with E-state index >= 15 is 0 Å². The molecule has 0 aliphatic carbocycles. The summed E-state index contributed by atoms with van der Waals surface area (Å²) < 4.78 is 1.58. The molecule has 0 bridgehead atoms. The van der Waals surface area contributed by atoms with Gasteiger partial charge >= 0.3 is 0 Å². The van der Waals surface area contributed by atoms with Gasteiger partial charge < -0.3 is 10.9 Å². The molecular weight excluding hydrogens is 236 g/mol. The van der Waals surface area contributed by atoms with Gasteiger partial charge in [0.1, 0.15) is 0 Å². The van der Waals surface area contributed by atoms with Gasteiger partial charge in [-0.15, -0.1) is 10.2 Å². The largest absolute Gasteiger partial charge is 0.396 e. The average Bonchev–Trinajstić information content (AvgIpc) is 2.59. The first-order valence-electron chi connectivity index (χ1n) is 5.91. The summed E-state index contributed by atoms with van der Waals surface area (Å²) in [6, 6.07) is 0. The van der Waals surface area contributed by atoms with Crippen LogP contribution in [-0.2, 0) is 5.41 Å². The lowest BCUT2D eigenvalue weighted by Gasteiger charge is -2.16. The second kappa shape index (κ2) is 6.26. The van der Waals surface area contributed by atoms with E-state index in [2.05, 4.69) is 31.0 Å². The molecule has 0 saturated heterocycles. The van der Waals surface area contributed by atoms with Crippen LogP contribution in [0.1, 0.15) is 45.9 Å². The number of hydrogen-bond donors (Lipinski definition) is 2. The lowest BCUT2D eigenvalue weighted by atomic mass is 9.96. The Labute approximate surface area is 107 Å². The Morgan fingerprint density at radius 2 is 1.94 bits per heavy atom. The number of rotatable bonds is 6. The van der Waals surface area contributed by atoms with Crippen molar-refractivity contribution in [3.63, 3.8) is 0 Å². The van der Waals surface area contributed by atoms with Crippen LogP contribution in [0.25, 0.3) is 0 Å². The fraction of sp³-hybridized carbons (Fsp3) is 0.818. The highest BCUT2D eigenvalue weighted by atomic mass is 32.2. The maximum absolute atomic E-state index is 8.67. The van der Waals surface area contributed by atoms with E-state index in [9.17, 15) is 0 Å². The monoisotopic (exact) mass is 258 g/mol. The van der Waals surface area contributed by atoms with Gasteiger partial charge in [0.25, 0.3) is 0 Å².